The maximum atomic E-state index is 6.16. The van der Waals surface area contributed by atoms with Gasteiger partial charge >= 0.3 is 0 Å². The predicted octanol–water partition coefficient (Wildman–Crippen LogP) is 2.20. The molecule has 0 spiro atoms. The van der Waals surface area contributed by atoms with Crippen molar-refractivity contribution in [2.45, 2.75) is 19.0 Å². The molecule has 0 saturated heterocycles. The van der Waals surface area contributed by atoms with Crippen LogP contribution in [0.15, 0.2) is 53.6 Å². The highest BCUT2D eigenvalue weighted by Gasteiger charge is 2.08. The summed E-state index contributed by atoms with van der Waals surface area (Å²) >= 11 is 0. The van der Waals surface area contributed by atoms with Gasteiger partial charge in [-0.1, -0.05) is 12.1 Å². The van der Waals surface area contributed by atoms with Crippen molar-refractivity contribution in [1.82, 2.24) is 9.55 Å². The molecule has 2 aromatic heterocycles. The molecule has 0 aliphatic rings. The van der Waals surface area contributed by atoms with E-state index in [1.54, 1.807) is 12.5 Å². The van der Waals surface area contributed by atoms with Crippen LogP contribution in [0.5, 0.6) is 0 Å². The number of para-hydroxylation sites is 2. The van der Waals surface area contributed by atoms with Crippen LogP contribution in [0.25, 0.3) is 11.0 Å². The molecule has 2 heterocycles. The van der Waals surface area contributed by atoms with Gasteiger partial charge < -0.3 is 14.7 Å². The summed E-state index contributed by atoms with van der Waals surface area (Å²) < 4.78 is 7.14. The molecule has 0 bridgehead atoms. The summed E-state index contributed by atoms with van der Waals surface area (Å²) in [6.45, 7) is 0.756. The predicted molar refractivity (Wildman–Crippen MR) is 70.1 cm³/mol. The average molecular weight is 241 g/mol. The van der Waals surface area contributed by atoms with Crippen molar-refractivity contribution in [3.05, 3.63) is 54.7 Å². The quantitative estimate of drug-likeness (QED) is 0.761. The molecule has 0 amide bonds. The summed E-state index contributed by atoms with van der Waals surface area (Å²) in [5.41, 5.74) is 9.42. The highest BCUT2D eigenvalue weighted by atomic mass is 16.3. The van der Waals surface area contributed by atoms with Gasteiger partial charge in [-0.2, -0.15) is 0 Å². The summed E-state index contributed by atoms with van der Waals surface area (Å²) in [4.78, 5) is 4.36. The van der Waals surface area contributed by atoms with E-state index in [0.29, 0.717) is 0 Å². The van der Waals surface area contributed by atoms with Gasteiger partial charge in [-0.3, -0.25) is 0 Å². The van der Waals surface area contributed by atoms with E-state index in [1.807, 2.05) is 30.6 Å². The average Bonchev–Trinajstić information content (AvgIpc) is 3.00. The van der Waals surface area contributed by atoms with Gasteiger partial charge in [-0.25, -0.2) is 4.98 Å². The third-order valence-corrected chi connectivity index (χ3v) is 3.04. The number of fused-ring (bicyclic) bond motifs is 1. The van der Waals surface area contributed by atoms with E-state index in [0.717, 1.165) is 29.6 Å². The fourth-order valence-corrected chi connectivity index (χ4v) is 2.18. The number of furan rings is 1. The highest BCUT2D eigenvalue weighted by molar-refractivity contribution is 5.74. The van der Waals surface area contributed by atoms with Crippen LogP contribution in [0.4, 0.5) is 0 Å². The lowest BCUT2D eigenvalue weighted by Crippen LogP contribution is -2.28. The smallest absolute Gasteiger partial charge is 0.0958 e. The molecule has 1 atom stereocenters. The van der Waals surface area contributed by atoms with Crippen molar-refractivity contribution in [1.29, 1.82) is 0 Å². The Bertz CT molecular complexity index is 627. The van der Waals surface area contributed by atoms with E-state index in [-0.39, 0.29) is 6.04 Å². The number of rotatable bonds is 4. The van der Waals surface area contributed by atoms with Gasteiger partial charge in [0, 0.05) is 12.6 Å². The fourth-order valence-electron chi connectivity index (χ4n) is 2.18. The first-order valence-electron chi connectivity index (χ1n) is 5.99. The molecule has 3 rings (SSSR count). The molecular weight excluding hydrogens is 226 g/mol. The van der Waals surface area contributed by atoms with E-state index in [4.69, 9.17) is 10.2 Å². The summed E-state index contributed by atoms with van der Waals surface area (Å²) in [6.07, 6.45) is 6.07. The summed E-state index contributed by atoms with van der Waals surface area (Å²) in [5.74, 6) is 0. The Labute approximate surface area is 105 Å². The van der Waals surface area contributed by atoms with Gasteiger partial charge in [0.05, 0.1) is 29.9 Å². The molecular formula is C14H15N3O. The Balaban J connectivity index is 1.76. The van der Waals surface area contributed by atoms with Crippen LogP contribution in [0.3, 0.4) is 0 Å². The first-order valence-corrected chi connectivity index (χ1v) is 5.99. The lowest BCUT2D eigenvalue weighted by Gasteiger charge is -2.11. The maximum absolute atomic E-state index is 6.16. The standard InChI is InChI=1S/C14H15N3O/c15-12(7-11-5-6-18-9-11)8-17-10-16-13-3-1-2-4-14(13)17/h1-6,9-10,12H,7-8,15H2. The number of aromatic nitrogens is 2. The zero-order valence-electron chi connectivity index (χ0n) is 9.99. The Hall–Kier alpha value is -2.07. The third kappa shape index (κ3) is 2.15. The molecule has 4 heteroatoms. The number of hydrogen-bond donors (Lipinski definition) is 1. The second-order valence-corrected chi connectivity index (χ2v) is 4.48. The van der Waals surface area contributed by atoms with Crippen molar-refractivity contribution in [2.75, 3.05) is 0 Å². The molecule has 2 N–H and O–H groups in total. The molecule has 4 nitrogen and oxygen atoms in total. The lowest BCUT2D eigenvalue weighted by molar-refractivity contribution is 0.541. The normalized spacial score (nSPS) is 12.9. The summed E-state index contributed by atoms with van der Waals surface area (Å²) in [7, 11) is 0. The topological polar surface area (TPSA) is 57.0 Å². The highest BCUT2D eigenvalue weighted by Crippen LogP contribution is 2.13. The molecule has 18 heavy (non-hydrogen) atoms. The lowest BCUT2D eigenvalue weighted by atomic mass is 10.1. The first kappa shape index (κ1) is 11.0. The van der Waals surface area contributed by atoms with Gasteiger partial charge in [0.2, 0.25) is 0 Å². The van der Waals surface area contributed by atoms with Crippen molar-refractivity contribution in [3.8, 4) is 0 Å². The monoisotopic (exact) mass is 241 g/mol. The van der Waals surface area contributed by atoms with E-state index in [1.165, 1.54) is 0 Å². The van der Waals surface area contributed by atoms with Crippen LogP contribution in [-0.4, -0.2) is 15.6 Å². The molecule has 0 aliphatic carbocycles. The van der Waals surface area contributed by atoms with Crippen LogP contribution < -0.4 is 5.73 Å². The Morgan fingerprint density at radius 2 is 2.17 bits per heavy atom. The van der Waals surface area contributed by atoms with Crippen molar-refractivity contribution in [3.63, 3.8) is 0 Å². The number of hydrogen-bond acceptors (Lipinski definition) is 3. The Kier molecular flexibility index (Phi) is 2.86. The van der Waals surface area contributed by atoms with E-state index in [2.05, 4.69) is 15.6 Å². The molecule has 1 unspecified atom stereocenters. The Morgan fingerprint density at radius 1 is 1.28 bits per heavy atom. The first-order chi connectivity index (χ1) is 8.83. The van der Waals surface area contributed by atoms with Gasteiger partial charge in [0.15, 0.2) is 0 Å². The molecule has 92 valence electrons. The molecule has 0 aliphatic heterocycles. The molecule has 0 radical (unpaired) electrons. The number of nitrogens with two attached hydrogens (primary N) is 1. The minimum Gasteiger partial charge on any atom is -0.472 e. The number of benzene rings is 1. The van der Waals surface area contributed by atoms with Gasteiger partial charge in [0.25, 0.3) is 0 Å². The van der Waals surface area contributed by atoms with E-state index >= 15 is 0 Å². The molecule has 0 saturated carbocycles. The molecule has 1 aromatic carbocycles. The van der Waals surface area contributed by atoms with E-state index in [9.17, 15) is 0 Å². The minimum atomic E-state index is 0.0557. The van der Waals surface area contributed by atoms with Crippen LogP contribution in [0, 0.1) is 0 Å². The van der Waals surface area contributed by atoms with Crippen LogP contribution >= 0.6 is 0 Å². The molecule has 0 fully saturated rings. The van der Waals surface area contributed by atoms with Crippen LogP contribution in [-0.2, 0) is 13.0 Å². The fraction of sp³-hybridized carbons (Fsp3) is 0.214. The van der Waals surface area contributed by atoms with E-state index < -0.39 is 0 Å². The largest absolute Gasteiger partial charge is 0.472 e. The van der Waals surface area contributed by atoms with Gasteiger partial charge in [-0.15, -0.1) is 0 Å². The van der Waals surface area contributed by atoms with Crippen molar-refractivity contribution in [2.24, 2.45) is 5.73 Å². The van der Waals surface area contributed by atoms with Crippen molar-refractivity contribution >= 4 is 11.0 Å². The maximum Gasteiger partial charge on any atom is 0.0958 e. The zero-order chi connectivity index (χ0) is 12.4. The zero-order valence-corrected chi connectivity index (χ0v) is 9.99. The SMILES string of the molecule is NC(Cc1ccoc1)Cn1cnc2ccccc21. The van der Waals surface area contributed by atoms with Crippen LogP contribution in [0.1, 0.15) is 5.56 Å². The minimum absolute atomic E-state index is 0.0557. The Morgan fingerprint density at radius 3 is 3.00 bits per heavy atom. The van der Waals surface area contributed by atoms with Gasteiger partial charge in [0.1, 0.15) is 0 Å². The second-order valence-electron chi connectivity index (χ2n) is 4.48. The summed E-state index contributed by atoms with van der Waals surface area (Å²) in [5, 5.41) is 0. The molecule has 3 aromatic rings. The van der Waals surface area contributed by atoms with Gasteiger partial charge in [-0.05, 0) is 30.2 Å². The summed E-state index contributed by atoms with van der Waals surface area (Å²) in [6, 6.07) is 10.1. The second kappa shape index (κ2) is 4.66. The van der Waals surface area contributed by atoms with Crippen molar-refractivity contribution < 1.29 is 4.42 Å². The number of nitrogens with zero attached hydrogens (tertiary/aromatic N) is 2. The van der Waals surface area contributed by atoms with Crippen LogP contribution in [0.2, 0.25) is 0 Å². The number of imidazole rings is 1. The third-order valence-electron chi connectivity index (χ3n) is 3.04.